The second-order valence-electron chi connectivity index (χ2n) is 4.35. The number of nitrogens with one attached hydrogen (secondary N) is 1. The quantitative estimate of drug-likeness (QED) is 0.690. The highest BCUT2D eigenvalue weighted by molar-refractivity contribution is 7.98. The average Bonchev–Trinajstić information content (AvgIpc) is 3.03. The SMILES string of the molecule is CCn1cnc(Cl)c1CSc1nc2c(c(=O)[nH]1)CSC2. The summed E-state index contributed by atoms with van der Waals surface area (Å²) in [6.45, 7) is 2.86. The third kappa shape index (κ3) is 2.62. The van der Waals surface area contributed by atoms with Crippen molar-refractivity contribution in [3.05, 3.63) is 38.8 Å². The number of aryl methyl sites for hydroxylation is 1. The first kappa shape index (κ1) is 14.0. The molecular formula is C12H13ClN4OS2. The molecule has 20 heavy (non-hydrogen) atoms. The number of aromatic nitrogens is 4. The maximum Gasteiger partial charge on any atom is 0.255 e. The van der Waals surface area contributed by atoms with Crippen molar-refractivity contribution in [3.63, 3.8) is 0 Å². The van der Waals surface area contributed by atoms with Crippen LogP contribution in [0.2, 0.25) is 5.15 Å². The van der Waals surface area contributed by atoms with E-state index in [4.69, 9.17) is 11.6 Å². The number of fused-ring (bicyclic) bond motifs is 1. The Kier molecular flexibility index (Phi) is 4.09. The van der Waals surface area contributed by atoms with Gasteiger partial charge in [0, 0.05) is 29.4 Å². The molecule has 0 amide bonds. The van der Waals surface area contributed by atoms with Crippen molar-refractivity contribution in [1.82, 2.24) is 19.5 Å². The highest BCUT2D eigenvalue weighted by Crippen LogP contribution is 2.28. The maximum absolute atomic E-state index is 11.9. The molecule has 0 aromatic carbocycles. The molecule has 0 spiro atoms. The first-order chi connectivity index (χ1) is 9.69. The van der Waals surface area contributed by atoms with E-state index in [1.165, 1.54) is 11.8 Å². The maximum atomic E-state index is 11.9. The van der Waals surface area contributed by atoms with E-state index in [0.29, 0.717) is 16.1 Å². The van der Waals surface area contributed by atoms with Crippen molar-refractivity contribution < 1.29 is 0 Å². The molecule has 0 aliphatic carbocycles. The van der Waals surface area contributed by atoms with E-state index in [2.05, 4.69) is 15.0 Å². The van der Waals surface area contributed by atoms with E-state index in [1.807, 2.05) is 11.5 Å². The molecule has 3 heterocycles. The van der Waals surface area contributed by atoms with Crippen LogP contribution in [0.15, 0.2) is 16.3 Å². The summed E-state index contributed by atoms with van der Waals surface area (Å²) in [5, 5.41) is 1.16. The van der Waals surface area contributed by atoms with E-state index in [9.17, 15) is 4.79 Å². The van der Waals surface area contributed by atoms with Crippen LogP contribution in [-0.4, -0.2) is 19.5 Å². The number of halogens is 1. The van der Waals surface area contributed by atoms with Gasteiger partial charge in [-0.3, -0.25) is 4.79 Å². The third-order valence-corrected chi connectivity index (χ3v) is 5.32. The number of thioether (sulfide) groups is 2. The van der Waals surface area contributed by atoms with E-state index in [0.717, 1.165) is 35.0 Å². The summed E-state index contributed by atoms with van der Waals surface area (Å²) < 4.78 is 2.00. The number of hydrogen-bond donors (Lipinski definition) is 1. The summed E-state index contributed by atoms with van der Waals surface area (Å²) in [5.74, 6) is 2.22. The topological polar surface area (TPSA) is 63.6 Å². The molecule has 1 aliphatic rings. The monoisotopic (exact) mass is 328 g/mol. The lowest BCUT2D eigenvalue weighted by Crippen LogP contribution is -2.15. The van der Waals surface area contributed by atoms with Crippen molar-refractivity contribution in [2.45, 2.75) is 35.9 Å². The second-order valence-corrected chi connectivity index (χ2v) is 6.65. The van der Waals surface area contributed by atoms with E-state index in [1.54, 1.807) is 18.1 Å². The van der Waals surface area contributed by atoms with Crippen LogP contribution in [0.25, 0.3) is 0 Å². The minimum atomic E-state index is -0.0161. The number of imidazole rings is 1. The van der Waals surface area contributed by atoms with Gasteiger partial charge in [0.05, 0.1) is 17.7 Å². The lowest BCUT2D eigenvalue weighted by Gasteiger charge is -2.06. The summed E-state index contributed by atoms with van der Waals surface area (Å²) in [7, 11) is 0. The van der Waals surface area contributed by atoms with Crippen molar-refractivity contribution in [1.29, 1.82) is 0 Å². The van der Waals surface area contributed by atoms with Crippen LogP contribution in [0, 0.1) is 0 Å². The van der Waals surface area contributed by atoms with E-state index >= 15 is 0 Å². The zero-order valence-corrected chi connectivity index (χ0v) is 13.2. The van der Waals surface area contributed by atoms with Gasteiger partial charge in [0.25, 0.3) is 5.56 Å². The molecule has 8 heteroatoms. The summed E-state index contributed by atoms with van der Waals surface area (Å²) in [6, 6.07) is 0. The van der Waals surface area contributed by atoms with Gasteiger partial charge in [-0.15, -0.1) is 0 Å². The molecular weight excluding hydrogens is 316 g/mol. The van der Waals surface area contributed by atoms with Gasteiger partial charge in [-0.1, -0.05) is 23.4 Å². The third-order valence-electron chi connectivity index (χ3n) is 3.15. The van der Waals surface area contributed by atoms with Gasteiger partial charge in [-0.2, -0.15) is 11.8 Å². The number of rotatable bonds is 4. The minimum Gasteiger partial charge on any atom is -0.333 e. The standard InChI is InChI=1S/C12H13ClN4OS2/c1-2-17-6-14-10(13)9(17)5-20-12-15-8-4-19-3-7(8)11(18)16-12/h6H,2-5H2,1H3,(H,15,16,18). The van der Waals surface area contributed by atoms with Crippen LogP contribution in [0.3, 0.4) is 0 Å². The van der Waals surface area contributed by atoms with Gasteiger partial charge >= 0.3 is 0 Å². The molecule has 3 rings (SSSR count). The minimum absolute atomic E-state index is 0.0161. The average molecular weight is 329 g/mol. The van der Waals surface area contributed by atoms with Crippen LogP contribution >= 0.6 is 35.1 Å². The van der Waals surface area contributed by atoms with Crippen molar-refractivity contribution in [2.24, 2.45) is 0 Å². The summed E-state index contributed by atoms with van der Waals surface area (Å²) in [4.78, 5) is 23.4. The molecule has 1 N–H and O–H groups in total. The lowest BCUT2D eigenvalue weighted by atomic mass is 10.3. The molecule has 2 aromatic heterocycles. The molecule has 0 bridgehead atoms. The number of H-pyrrole nitrogens is 1. The molecule has 5 nitrogen and oxygen atoms in total. The predicted molar refractivity (Wildman–Crippen MR) is 82.3 cm³/mol. The van der Waals surface area contributed by atoms with Gasteiger partial charge in [-0.05, 0) is 6.92 Å². The van der Waals surface area contributed by atoms with Crippen LogP contribution in [0.5, 0.6) is 0 Å². The van der Waals surface area contributed by atoms with Gasteiger partial charge in [-0.25, -0.2) is 9.97 Å². The first-order valence-corrected chi connectivity index (χ1v) is 8.73. The van der Waals surface area contributed by atoms with Crippen molar-refractivity contribution in [2.75, 3.05) is 0 Å². The molecule has 0 radical (unpaired) electrons. The normalized spacial score (nSPS) is 13.7. The molecule has 0 atom stereocenters. The van der Waals surface area contributed by atoms with Crippen molar-refractivity contribution >= 4 is 35.1 Å². The Morgan fingerprint density at radius 2 is 2.40 bits per heavy atom. The van der Waals surface area contributed by atoms with E-state index in [-0.39, 0.29) is 5.56 Å². The number of hydrogen-bond acceptors (Lipinski definition) is 5. The van der Waals surface area contributed by atoms with Crippen LogP contribution in [0.4, 0.5) is 0 Å². The fourth-order valence-corrected chi connectivity index (χ4v) is 4.29. The van der Waals surface area contributed by atoms with Gasteiger partial charge in [0.1, 0.15) is 0 Å². The molecule has 0 fully saturated rings. The highest BCUT2D eigenvalue weighted by Gasteiger charge is 2.18. The molecule has 0 saturated heterocycles. The number of aromatic amines is 1. The van der Waals surface area contributed by atoms with Gasteiger partial charge < -0.3 is 9.55 Å². The Bertz CT molecular complexity index is 697. The zero-order valence-electron chi connectivity index (χ0n) is 10.9. The number of nitrogens with zero attached hydrogens (tertiary/aromatic N) is 3. The van der Waals surface area contributed by atoms with Gasteiger partial charge in [0.15, 0.2) is 10.3 Å². The van der Waals surface area contributed by atoms with Crippen LogP contribution < -0.4 is 5.56 Å². The summed E-state index contributed by atoms with van der Waals surface area (Å²) >= 11 is 9.28. The molecule has 1 aliphatic heterocycles. The fourth-order valence-electron chi connectivity index (χ4n) is 2.04. The Hall–Kier alpha value is -0.920. The molecule has 106 valence electrons. The smallest absolute Gasteiger partial charge is 0.255 e. The Labute approximate surface area is 129 Å². The molecule has 0 saturated carbocycles. The predicted octanol–water partition coefficient (Wildman–Crippen LogP) is 2.68. The lowest BCUT2D eigenvalue weighted by molar-refractivity contribution is 0.733. The zero-order chi connectivity index (χ0) is 14.1. The second kappa shape index (κ2) is 5.83. The fraction of sp³-hybridized carbons (Fsp3) is 0.417. The summed E-state index contributed by atoms with van der Waals surface area (Å²) in [5.41, 5.74) is 2.67. The summed E-state index contributed by atoms with van der Waals surface area (Å²) in [6.07, 6.45) is 1.73. The molecule has 0 unspecified atom stereocenters. The Morgan fingerprint density at radius 1 is 1.55 bits per heavy atom. The highest BCUT2D eigenvalue weighted by atomic mass is 35.5. The van der Waals surface area contributed by atoms with Gasteiger partial charge in [0.2, 0.25) is 0 Å². The Morgan fingerprint density at radius 3 is 3.20 bits per heavy atom. The Balaban J connectivity index is 1.81. The van der Waals surface area contributed by atoms with Crippen molar-refractivity contribution in [3.8, 4) is 0 Å². The largest absolute Gasteiger partial charge is 0.333 e. The first-order valence-electron chi connectivity index (χ1n) is 6.21. The molecule has 2 aromatic rings. The van der Waals surface area contributed by atoms with Crippen LogP contribution in [0.1, 0.15) is 23.9 Å². The van der Waals surface area contributed by atoms with E-state index < -0.39 is 0 Å². The van der Waals surface area contributed by atoms with Crippen LogP contribution in [-0.2, 0) is 23.8 Å².